The second-order valence-corrected chi connectivity index (χ2v) is 7.18. The van der Waals surface area contributed by atoms with Gasteiger partial charge < -0.3 is 14.4 Å². The first-order valence-electron chi connectivity index (χ1n) is 7.57. The highest BCUT2D eigenvalue weighted by Crippen LogP contribution is 2.26. The fourth-order valence-corrected chi connectivity index (χ4v) is 2.53. The van der Waals surface area contributed by atoms with Crippen LogP contribution in [0.2, 0.25) is 10.3 Å². The molecule has 1 aliphatic heterocycles. The Morgan fingerprint density at radius 1 is 1.30 bits per heavy atom. The van der Waals surface area contributed by atoms with Gasteiger partial charge >= 0.3 is 6.09 Å². The van der Waals surface area contributed by atoms with E-state index in [9.17, 15) is 4.79 Å². The summed E-state index contributed by atoms with van der Waals surface area (Å²) in [5.41, 5.74) is -0.496. The number of hydrogen-bond donors (Lipinski definition) is 0. The molecule has 1 amide bonds. The number of likely N-dealkylation sites (tertiary alicyclic amines) is 1. The van der Waals surface area contributed by atoms with Gasteiger partial charge in [0.15, 0.2) is 0 Å². The standard InChI is InChI=1S/C15H21Cl2N3O3/c1-15(2,3)23-14(21)20-7-4-5-10(6-8-20)22-12-11(16)9-18-13(17)19-12/h9-10H,4-8H2,1-3H3. The molecule has 2 heterocycles. The number of ether oxygens (including phenoxy) is 2. The zero-order valence-corrected chi connectivity index (χ0v) is 15.0. The highest BCUT2D eigenvalue weighted by atomic mass is 35.5. The normalized spacial score (nSPS) is 19.2. The molecular formula is C15H21Cl2N3O3. The van der Waals surface area contributed by atoms with Crippen LogP contribution in [-0.4, -0.2) is 45.8 Å². The first-order chi connectivity index (χ1) is 10.7. The van der Waals surface area contributed by atoms with E-state index in [1.54, 1.807) is 4.90 Å². The van der Waals surface area contributed by atoms with Crippen molar-refractivity contribution in [3.63, 3.8) is 0 Å². The number of aromatic nitrogens is 2. The number of nitrogens with zero attached hydrogens (tertiary/aromatic N) is 3. The predicted molar refractivity (Wildman–Crippen MR) is 88.1 cm³/mol. The van der Waals surface area contributed by atoms with Gasteiger partial charge in [0.2, 0.25) is 11.2 Å². The van der Waals surface area contributed by atoms with Crippen LogP contribution in [0.4, 0.5) is 4.79 Å². The lowest BCUT2D eigenvalue weighted by Gasteiger charge is -2.26. The molecule has 1 aliphatic rings. The third kappa shape index (κ3) is 5.70. The van der Waals surface area contributed by atoms with E-state index in [2.05, 4.69) is 9.97 Å². The predicted octanol–water partition coefficient (Wildman–Crippen LogP) is 3.95. The first kappa shape index (κ1) is 18.1. The SMILES string of the molecule is CC(C)(C)OC(=O)N1CCCC(Oc2nc(Cl)ncc2Cl)CC1. The Morgan fingerprint density at radius 3 is 2.74 bits per heavy atom. The lowest BCUT2D eigenvalue weighted by Crippen LogP contribution is -2.37. The van der Waals surface area contributed by atoms with E-state index in [0.717, 1.165) is 12.8 Å². The number of carbonyl (C=O) groups excluding carboxylic acids is 1. The Labute approximate surface area is 146 Å². The van der Waals surface area contributed by atoms with Crippen molar-refractivity contribution in [2.45, 2.75) is 51.7 Å². The summed E-state index contributed by atoms with van der Waals surface area (Å²) in [7, 11) is 0. The van der Waals surface area contributed by atoms with Gasteiger partial charge in [-0.2, -0.15) is 4.98 Å². The van der Waals surface area contributed by atoms with Crippen molar-refractivity contribution in [2.75, 3.05) is 13.1 Å². The largest absolute Gasteiger partial charge is 0.473 e. The Kier molecular flexibility index (Phi) is 5.92. The van der Waals surface area contributed by atoms with Crippen LogP contribution in [-0.2, 0) is 4.74 Å². The summed E-state index contributed by atoms with van der Waals surface area (Å²) in [4.78, 5) is 21.6. The molecule has 0 radical (unpaired) electrons. The van der Waals surface area contributed by atoms with Crippen LogP contribution in [0.3, 0.4) is 0 Å². The molecule has 0 saturated carbocycles. The van der Waals surface area contributed by atoms with Crippen molar-refractivity contribution in [1.29, 1.82) is 0 Å². The van der Waals surface area contributed by atoms with E-state index < -0.39 is 5.60 Å². The molecule has 1 atom stereocenters. The topological polar surface area (TPSA) is 64.5 Å². The maximum atomic E-state index is 12.1. The molecule has 2 rings (SSSR count). The molecule has 8 heteroatoms. The first-order valence-corrected chi connectivity index (χ1v) is 8.33. The Balaban J connectivity index is 1.93. The minimum atomic E-state index is -0.496. The zero-order chi connectivity index (χ0) is 17.0. The van der Waals surface area contributed by atoms with Gasteiger partial charge in [-0.15, -0.1) is 0 Å². The number of amides is 1. The minimum absolute atomic E-state index is 0.0779. The molecule has 1 fully saturated rings. The summed E-state index contributed by atoms with van der Waals surface area (Å²) in [6, 6.07) is 0. The van der Waals surface area contributed by atoms with Gasteiger partial charge in [0, 0.05) is 19.5 Å². The summed E-state index contributed by atoms with van der Waals surface area (Å²) in [5.74, 6) is 0.280. The van der Waals surface area contributed by atoms with Gasteiger partial charge in [0.1, 0.15) is 16.7 Å². The molecule has 6 nitrogen and oxygen atoms in total. The summed E-state index contributed by atoms with van der Waals surface area (Å²) in [6.45, 7) is 6.78. The van der Waals surface area contributed by atoms with Crippen molar-refractivity contribution in [2.24, 2.45) is 0 Å². The molecule has 1 aromatic heterocycles. The summed E-state index contributed by atoms with van der Waals surface area (Å²) < 4.78 is 11.2. The van der Waals surface area contributed by atoms with E-state index >= 15 is 0 Å². The second kappa shape index (κ2) is 7.53. The molecule has 0 spiro atoms. The summed E-state index contributed by atoms with van der Waals surface area (Å²) >= 11 is 11.8. The maximum absolute atomic E-state index is 12.1. The molecule has 0 aliphatic carbocycles. The van der Waals surface area contributed by atoms with Crippen molar-refractivity contribution in [3.05, 3.63) is 16.5 Å². The average Bonchev–Trinajstić information content (AvgIpc) is 2.67. The fourth-order valence-electron chi connectivity index (χ4n) is 2.26. The van der Waals surface area contributed by atoms with Crippen molar-refractivity contribution >= 4 is 29.3 Å². The number of rotatable bonds is 2. The Hall–Kier alpha value is -1.27. The zero-order valence-electron chi connectivity index (χ0n) is 13.5. The van der Waals surface area contributed by atoms with Crippen molar-refractivity contribution in [1.82, 2.24) is 14.9 Å². The van der Waals surface area contributed by atoms with Crippen LogP contribution in [0.15, 0.2) is 6.20 Å². The van der Waals surface area contributed by atoms with Gasteiger partial charge in [-0.05, 0) is 45.2 Å². The minimum Gasteiger partial charge on any atom is -0.473 e. The van der Waals surface area contributed by atoms with E-state index in [1.165, 1.54) is 6.20 Å². The summed E-state index contributed by atoms with van der Waals surface area (Å²) in [6.07, 6.45) is 3.34. The van der Waals surface area contributed by atoms with E-state index in [-0.39, 0.29) is 23.4 Å². The molecule has 1 aromatic rings. The lowest BCUT2D eigenvalue weighted by atomic mass is 10.2. The monoisotopic (exact) mass is 361 g/mol. The molecule has 0 N–H and O–H groups in total. The Bertz CT molecular complexity index is 563. The molecule has 0 bridgehead atoms. The van der Waals surface area contributed by atoms with Crippen LogP contribution in [0.5, 0.6) is 5.88 Å². The smallest absolute Gasteiger partial charge is 0.410 e. The molecule has 1 saturated heterocycles. The third-order valence-electron chi connectivity index (χ3n) is 3.29. The van der Waals surface area contributed by atoms with Crippen LogP contribution in [0.1, 0.15) is 40.0 Å². The molecule has 0 aromatic carbocycles. The summed E-state index contributed by atoms with van der Waals surface area (Å²) in [5, 5.41) is 0.413. The maximum Gasteiger partial charge on any atom is 0.410 e. The van der Waals surface area contributed by atoms with Crippen molar-refractivity contribution < 1.29 is 14.3 Å². The van der Waals surface area contributed by atoms with Crippen LogP contribution >= 0.6 is 23.2 Å². The third-order valence-corrected chi connectivity index (χ3v) is 3.73. The van der Waals surface area contributed by atoms with Gasteiger partial charge in [-0.25, -0.2) is 9.78 Å². The fraction of sp³-hybridized carbons (Fsp3) is 0.667. The Morgan fingerprint density at radius 2 is 2.04 bits per heavy atom. The van der Waals surface area contributed by atoms with E-state index in [1.807, 2.05) is 20.8 Å². The van der Waals surface area contributed by atoms with Crippen LogP contribution in [0, 0.1) is 0 Å². The van der Waals surface area contributed by atoms with Gasteiger partial charge in [0.05, 0.1) is 6.20 Å². The van der Waals surface area contributed by atoms with Crippen molar-refractivity contribution in [3.8, 4) is 5.88 Å². The lowest BCUT2D eigenvalue weighted by molar-refractivity contribution is 0.0252. The van der Waals surface area contributed by atoms with Crippen LogP contribution < -0.4 is 4.74 Å². The van der Waals surface area contributed by atoms with E-state index in [0.29, 0.717) is 24.5 Å². The molecular weight excluding hydrogens is 341 g/mol. The van der Waals surface area contributed by atoms with Gasteiger partial charge in [-0.1, -0.05) is 11.6 Å². The number of hydrogen-bond acceptors (Lipinski definition) is 5. The number of halogens is 2. The van der Waals surface area contributed by atoms with Gasteiger partial charge in [0.25, 0.3) is 0 Å². The molecule has 23 heavy (non-hydrogen) atoms. The highest BCUT2D eigenvalue weighted by molar-refractivity contribution is 6.32. The van der Waals surface area contributed by atoms with Gasteiger partial charge in [-0.3, -0.25) is 0 Å². The number of carbonyl (C=O) groups is 1. The molecule has 128 valence electrons. The second-order valence-electron chi connectivity index (χ2n) is 6.43. The average molecular weight is 362 g/mol. The quantitative estimate of drug-likeness (QED) is 0.746. The van der Waals surface area contributed by atoms with Crippen LogP contribution in [0.25, 0.3) is 0 Å². The van der Waals surface area contributed by atoms with E-state index in [4.69, 9.17) is 32.7 Å². The molecule has 1 unspecified atom stereocenters. The highest BCUT2D eigenvalue weighted by Gasteiger charge is 2.26.